The third-order valence-electron chi connectivity index (χ3n) is 3.95. The molecule has 17 heavy (non-hydrogen) atoms. The van der Waals surface area contributed by atoms with Gasteiger partial charge in [0.1, 0.15) is 0 Å². The summed E-state index contributed by atoms with van der Waals surface area (Å²) >= 11 is 0. The third-order valence-corrected chi connectivity index (χ3v) is 3.95. The third kappa shape index (κ3) is 2.02. The van der Waals surface area contributed by atoms with Crippen molar-refractivity contribution in [2.24, 2.45) is 11.8 Å². The van der Waals surface area contributed by atoms with Gasteiger partial charge in [-0.25, -0.2) is 0 Å². The molecule has 94 valence electrons. The lowest BCUT2D eigenvalue weighted by molar-refractivity contribution is -0.140. The first-order chi connectivity index (χ1) is 8.06. The van der Waals surface area contributed by atoms with Gasteiger partial charge in [0.15, 0.2) is 0 Å². The molecule has 4 heteroatoms. The molecule has 0 radical (unpaired) electrons. The smallest absolute Gasteiger partial charge is 0.233 e. The van der Waals surface area contributed by atoms with Crippen molar-refractivity contribution in [1.82, 2.24) is 4.90 Å². The van der Waals surface area contributed by atoms with Gasteiger partial charge in [0.25, 0.3) is 0 Å². The molecule has 1 aliphatic heterocycles. The molecule has 2 rings (SSSR count). The maximum absolute atomic E-state index is 12.1. The first-order valence-electron chi connectivity index (χ1n) is 6.05. The fraction of sp³-hybridized carbons (Fsp3) is 0.692. The SMILES string of the molecule is COCCN1C(=O)C2CC(C)=C(C)CC2C1=O. The molecule has 0 aromatic heterocycles. The molecule has 2 unspecified atom stereocenters. The van der Waals surface area contributed by atoms with Crippen LogP contribution in [-0.2, 0) is 14.3 Å². The summed E-state index contributed by atoms with van der Waals surface area (Å²) in [6.07, 6.45) is 1.48. The number of methoxy groups -OCH3 is 1. The molecule has 0 spiro atoms. The Balaban J connectivity index is 2.16. The highest BCUT2D eigenvalue weighted by Crippen LogP contribution is 2.40. The van der Waals surface area contributed by atoms with Crippen molar-refractivity contribution in [3.63, 3.8) is 0 Å². The minimum absolute atomic E-state index is 0.0103. The lowest BCUT2D eigenvalue weighted by Gasteiger charge is -2.23. The van der Waals surface area contributed by atoms with Crippen LogP contribution in [0.1, 0.15) is 26.7 Å². The Morgan fingerprint density at radius 2 is 1.59 bits per heavy atom. The second-order valence-corrected chi connectivity index (χ2v) is 5.00. The van der Waals surface area contributed by atoms with E-state index in [1.54, 1.807) is 7.11 Å². The number of imide groups is 1. The predicted molar refractivity (Wildman–Crippen MR) is 63.2 cm³/mol. The summed E-state index contributed by atoms with van der Waals surface area (Å²) in [4.78, 5) is 25.7. The normalized spacial score (nSPS) is 29.0. The molecule has 1 saturated heterocycles. The Kier molecular flexibility index (Phi) is 3.33. The molecular formula is C13H19NO3. The van der Waals surface area contributed by atoms with Crippen molar-refractivity contribution < 1.29 is 14.3 Å². The molecule has 2 aliphatic rings. The van der Waals surface area contributed by atoms with E-state index in [0.29, 0.717) is 13.2 Å². The first kappa shape index (κ1) is 12.3. The zero-order chi connectivity index (χ0) is 12.6. The van der Waals surface area contributed by atoms with Crippen LogP contribution in [0.3, 0.4) is 0 Å². The molecule has 4 nitrogen and oxygen atoms in total. The molecule has 0 aromatic rings. The van der Waals surface area contributed by atoms with Crippen molar-refractivity contribution in [3.05, 3.63) is 11.1 Å². The number of allylic oxidation sites excluding steroid dienone is 2. The molecule has 1 fully saturated rings. The molecule has 0 bridgehead atoms. The van der Waals surface area contributed by atoms with E-state index in [4.69, 9.17) is 4.74 Å². The number of carbonyl (C=O) groups excluding carboxylic acids is 2. The minimum atomic E-state index is -0.122. The monoisotopic (exact) mass is 237 g/mol. The van der Waals surface area contributed by atoms with Gasteiger partial charge >= 0.3 is 0 Å². The quantitative estimate of drug-likeness (QED) is 0.550. The number of rotatable bonds is 3. The lowest BCUT2D eigenvalue weighted by Crippen LogP contribution is -2.34. The zero-order valence-electron chi connectivity index (χ0n) is 10.7. The van der Waals surface area contributed by atoms with Gasteiger partial charge in [-0.3, -0.25) is 14.5 Å². The molecule has 1 aliphatic carbocycles. The summed E-state index contributed by atoms with van der Waals surface area (Å²) in [6, 6.07) is 0. The lowest BCUT2D eigenvalue weighted by atomic mass is 9.78. The molecule has 0 N–H and O–H groups in total. The number of carbonyl (C=O) groups is 2. The van der Waals surface area contributed by atoms with Crippen LogP contribution in [-0.4, -0.2) is 37.0 Å². The molecule has 0 aromatic carbocycles. The average molecular weight is 237 g/mol. The van der Waals surface area contributed by atoms with Gasteiger partial charge in [0.2, 0.25) is 11.8 Å². The summed E-state index contributed by atoms with van der Waals surface area (Å²) in [7, 11) is 1.58. The fourth-order valence-electron chi connectivity index (χ4n) is 2.72. The topological polar surface area (TPSA) is 46.6 Å². The second-order valence-electron chi connectivity index (χ2n) is 5.00. The Morgan fingerprint density at radius 3 is 2.00 bits per heavy atom. The molecule has 1 heterocycles. The largest absolute Gasteiger partial charge is 0.383 e. The molecule has 2 amide bonds. The first-order valence-corrected chi connectivity index (χ1v) is 6.05. The van der Waals surface area contributed by atoms with Crippen LogP contribution in [0.15, 0.2) is 11.1 Å². The summed E-state index contributed by atoms with van der Waals surface area (Å²) in [6.45, 7) is 4.92. The highest BCUT2D eigenvalue weighted by atomic mass is 16.5. The van der Waals surface area contributed by atoms with Gasteiger partial charge in [0.05, 0.1) is 25.0 Å². The number of hydrogen-bond acceptors (Lipinski definition) is 3. The number of hydrogen-bond donors (Lipinski definition) is 0. The molecule has 2 atom stereocenters. The average Bonchev–Trinajstić information content (AvgIpc) is 2.51. The van der Waals surface area contributed by atoms with E-state index in [9.17, 15) is 9.59 Å². The van der Waals surface area contributed by atoms with Crippen molar-refractivity contribution >= 4 is 11.8 Å². The summed E-state index contributed by atoms with van der Waals surface area (Å²) in [5.74, 6) is -0.265. The summed E-state index contributed by atoms with van der Waals surface area (Å²) in [5, 5.41) is 0. The Bertz CT molecular complexity index is 354. The van der Waals surface area contributed by atoms with Gasteiger partial charge in [-0.2, -0.15) is 0 Å². The fourth-order valence-corrected chi connectivity index (χ4v) is 2.72. The van der Waals surface area contributed by atoms with Gasteiger partial charge < -0.3 is 4.74 Å². The van der Waals surface area contributed by atoms with Gasteiger partial charge in [-0.15, -0.1) is 0 Å². The van der Waals surface area contributed by atoms with Crippen LogP contribution in [0.4, 0.5) is 0 Å². The van der Waals surface area contributed by atoms with E-state index in [0.717, 1.165) is 12.8 Å². The van der Waals surface area contributed by atoms with Crippen molar-refractivity contribution in [3.8, 4) is 0 Å². The molecular weight excluding hydrogens is 218 g/mol. The van der Waals surface area contributed by atoms with Crippen molar-refractivity contribution in [2.75, 3.05) is 20.3 Å². The van der Waals surface area contributed by atoms with E-state index in [2.05, 4.69) is 13.8 Å². The summed E-state index contributed by atoms with van der Waals surface area (Å²) < 4.78 is 4.94. The van der Waals surface area contributed by atoms with Gasteiger partial charge in [-0.05, 0) is 26.7 Å². The van der Waals surface area contributed by atoms with Crippen LogP contribution < -0.4 is 0 Å². The Hall–Kier alpha value is -1.16. The van der Waals surface area contributed by atoms with Crippen molar-refractivity contribution in [1.29, 1.82) is 0 Å². The number of likely N-dealkylation sites (tertiary alicyclic amines) is 1. The maximum atomic E-state index is 12.1. The van der Waals surface area contributed by atoms with Gasteiger partial charge in [-0.1, -0.05) is 11.1 Å². The van der Waals surface area contributed by atoms with Gasteiger partial charge in [0, 0.05) is 7.11 Å². The number of ether oxygens (including phenoxy) is 1. The van der Waals surface area contributed by atoms with Crippen LogP contribution in [0.25, 0.3) is 0 Å². The maximum Gasteiger partial charge on any atom is 0.233 e. The number of fused-ring (bicyclic) bond motifs is 1. The van der Waals surface area contributed by atoms with Crippen LogP contribution >= 0.6 is 0 Å². The van der Waals surface area contributed by atoms with Crippen molar-refractivity contribution in [2.45, 2.75) is 26.7 Å². The highest BCUT2D eigenvalue weighted by molar-refractivity contribution is 6.05. The minimum Gasteiger partial charge on any atom is -0.383 e. The van der Waals surface area contributed by atoms with E-state index in [1.807, 2.05) is 0 Å². The predicted octanol–water partition coefficient (Wildman–Crippen LogP) is 1.36. The highest BCUT2D eigenvalue weighted by Gasteiger charge is 2.48. The van der Waals surface area contributed by atoms with E-state index in [1.165, 1.54) is 16.0 Å². The van der Waals surface area contributed by atoms with Crippen LogP contribution in [0.5, 0.6) is 0 Å². The number of nitrogens with zero attached hydrogens (tertiary/aromatic N) is 1. The Labute approximate surface area is 102 Å². The summed E-state index contributed by atoms with van der Waals surface area (Å²) in [5.41, 5.74) is 2.53. The zero-order valence-corrected chi connectivity index (χ0v) is 10.7. The second kappa shape index (κ2) is 4.61. The standard InChI is InChI=1S/C13H19NO3/c1-8-6-10-11(7-9(8)2)13(16)14(12(10)15)4-5-17-3/h10-11H,4-7H2,1-3H3. The van der Waals surface area contributed by atoms with E-state index < -0.39 is 0 Å². The van der Waals surface area contributed by atoms with E-state index in [-0.39, 0.29) is 23.7 Å². The molecule has 0 saturated carbocycles. The van der Waals surface area contributed by atoms with E-state index >= 15 is 0 Å². The number of amides is 2. The van der Waals surface area contributed by atoms with Crippen LogP contribution in [0.2, 0.25) is 0 Å². The Morgan fingerprint density at radius 1 is 1.12 bits per heavy atom. The van der Waals surface area contributed by atoms with Crippen LogP contribution in [0, 0.1) is 11.8 Å².